The molecule has 28 heavy (non-hydrogen) atoms. The average molecular weight is 435 g/mol. The van der Waals surface area contributed by atoms with Crippen molar-refractivity contribution in [2.75, 3.05) is 19.0 Å². The zero-order chi connectivity index (χ0) is 20.3. The molecule has 0 aromatic heterocycles. The van der Waals surface area contributed by atoms with E-state index in [2.05, 4.69) is 5.32 Å². The minimum atomic E-state index is -0.503. The number of thiocarbonyl (C=S) groups is 1. The summed E-state index contributed by atoms with van der Waals surface area (Å²) in [5.74, 6) is -0.314. The number of nitrogens with zero attached hydrogens (tertiary/aromatic N) is 1. The molecule has 1 aliphatic rings. The Morgan fingerprint density at radius 3 is 2.89 bits per heavy atom. The average Bonchev–Trinajstić information content (AvgIpc) is 2.92. The molecule has 2 N–H and O–H groups in total. The fourth-order valence-corrected chi connectivity index (χ4v) is 3.89. The van der Waals surface area contributed by atoms with Crippen LogP contribution in [-0.4, -0.2) is 39.8 Å². The Labute approximate surface area is 176 Å². The maximum atomic E-state index is 12.7. The van der Waals surface area contributed by atoms with Crippen molar-refractivity contribution in [1.82, 2.24) is 4.90 Å². The van der Waals surface area contributed by atoms with Gasteiger partial charge in [-0.25, -0.2) is 0 Å². The summed E-state index contributed by atoms with van der Waals surface area (Å²) < 4.78 is 5.46. The molecule has 0 radical (unpaired) electrons. The molecule has 144 valence electrons. The second-order valence-electron chi connectivity index (χ2n) is 5.75. The second kappa shape index (κ2) is 8.64. The van der Waals surface area contributed by atoms with Crippen LogP contribution in [0.25, 0.3) is 6.08 Å². The van der Waals surface area contributed by atoms with Crippen LogP contribution in [0, 0.1) is 0 Å². The van der Waals surface area contributed by atoms with Crippen LogP contribution in [0.4, 0.5) is 5.69 Å². The number of hydrogen-bond donors (Lipinski definition) is 2. The quantitative estimate of drug-likeness (QED) is 0.422. The van der Waals surface area contributed by atoms with Crippen LogP contribution in [-0.2, 0) is 9.59 Å². The summed E-state index contributed by atoms with van der Waals surface area (Å²) >= 11 is 12.2. The minimum Gasteiger partial charge on any atom is -0.506 e. The van der Waals surface area contributed by atoms with Crippen molar-refractivity contribution in [3.05, 3.63) is 58.0 Å². The molecule has 1 saturated heterocycles. The van der Waals surface area contributed by atoms with Gasteiger partial charge in [0.25, 0.3) is 5.91 Å². The number of hydrogen-bond acceptors (Lipinski definition) is 6. The maximum absolute atomic E-state index is 12.7. The first-order valence-corrected chi connectivity index (χ1v) is 9.65. The van der Waals surface area contributed by atoms with Crippen LogP contribution in [0.5, 0.6) is 11.5 Å². The van der Waals surface area contributed by atoms with Gasteiger partial charge in [-0.2, -0.15) is 0 Å². The van der Waals surface area contributed by atoms with Gasteiger partial charge >= 0.3 is 0 Å². The van der Waals surface area contributed by atoms with E-state index in [-0.39, 0.29) is 28.2 Å². The number of ether oxygens (including phenoxy) is 1. The number of amides is 2. The van der Waals surface area contributed by atoms with Gasteiger partial charge in [0.15, 0.2) is 0 Å². The Kier molecular flexibility index (Phi) is 6.23. The summed E-state index contributed by atoms with van der Waals surface area (Å²) in [6, 6.07) is 11.5. The number of phenols is 1. The topological polar surface area (TPSA) is 78.9 Å². The SMILES string of the molecule is COc1cccc(/C=C2\SC(=S)N(CC(=O)Nc3cc(Cl)ccc3O)C2=O)c1. The van der Waals surface area contributed by atoms with E-state index >= 15 is 0 Å². The molecule has 9 heteroatoms. The molecule has 1 aliphatic heterocycles. The number of thioether (sulfide) groups is 1. The van der Waals surface area contributed by atoms with E-state index in [0.29, 0.717) is 15.7 Å². The number of benzene rings is 2. The highest BCUT2D eigenvalue weighted by molar-refractivity contribution is 8.26. The highest BCUT2D eigenvalue weighted by atomic mass is 35.5. The molecule has 0 unspecified atom stereocenters. The molecule has 0 spiro atoms. The lowest BCUT2D eigenvalue weighted by Gasteiger charge is -2.14. The van der Waals surface area contributed by atoms with Gasteiger partial charge in [-0.1, -0.05) is 47.7 Å². The first kappa shape index (κ1) is 20.2. The maximum Gasteiger partial charge on any atom is 0.266 e. The number of carbonyl (C=O) groups excluding carboxylic acids is 2. The molecular weight excluding hydrogens is 420 g/mol. The Bertz CT molecular complexity index is 994. The van der Waals surface area contributed by atoms with E-state index in [1.165, 1.54) is 23.1 Å². The molecule has 6 nitrogen and oxygen atoms in total. The third-order valence-corrected chi connectivity index (χ3v) is 5.41. The van der Waals surface area contributed by atoms with Crippen LogP contribution in [0.15, 0.2) is 47.4 Å². The van der Waals surface area contributed by atoms with Gasteiger partial charge in [0.2, 0.25) is 5.91 Å². The summed E-state index contributed by atoms with van der Waals surface area (Å²) in [5.41, 5.74) is 0.947. The predicted molar refractivity (Wildman–Crippen MR) is 115 cm³/mol. The van der Waals surface area contributed by atoms with E-state index in [0.717, 1.165) is 17.3 Å². The molecule has 2 aromatic carbocycles. The van der Waals surface area contributed by atoms with E-state index in [1.807, 2.05) is 12.1 Å². The number of phenolic OH excluding ortho intramolecular Hbond substituents is 1. The lowest BCUT2D eigenvalue weighted by Crippen LogP contribution is -2.36. The fraction of sp³-hybridized carbons (Fsp3) is 0.105. The van der Waals surface area contributed by atoms with Crippen molar-refractivity contribution in [3.8, 4) is 11.5 Å². The molecule has 2 amide bonds. The van der Waals surface area contributed by atoms with Crippen molar-refractivity contribution in [1.29, 1.82) is 0 Å². The molecule has 1 fully saturated rings. The Balaban J connectivity index is 1.72. The van der Waals surface area contributed by atoms with Crippen molar-refractivity contribution in [2.45, 2.75) is 0 Å². The summed E-state index contributed by atoms with van der Waals surface area (Å²) in [6.45, 7) is -0.272. The highest BCUT2D eigenvalue weighted by Crippen LogP contribution is 2.33. The van der Waals surface area contributed by atoms with Gasteiger partial charge in [-0.05, 0) is 42.0 Å². The molecule has 2 aromatic rings. The van der Waals surface area contributed by atoms with E-state index < -0.39 is 5.91 Å². The molecule has 0 bridgehead atoms. The van der Waals surface area contributed by atoms with Gasteiger partial charge in [0, 0.05) is 5.02 Å². The number of anilines is 1. The molecule has 3 rings (SSSR count). The second-order valence-corrected chi connectivity index (χ2v) is 7.87. The third kappa shape index (κ3) is 4.64. The fourth-order valence-electron chi connectivity index (χ4n) is 2.46. The normalized spacial score (nSPS) is 15.2. The minimum absolute atomic E-state index is 0.124. The van der Waals surface area contributed by atoms with Crippen molar-refractivity contribution < 1.29 is 19.4 Å². The Hall–Kier alpha value is -2.55. The van der Waals surface area contributed by atoms with Crippen LogP contribution in [0.2, 0.25) is 5.02 Å². The number of carbonyl (C=O) groups is 2. The van der Waals surface area contributed by atoms with Crippen LogP contribution >= 0.6 is 35.6 Å². The first-order valence-electron chi connectivity index (χ1n) is 8.05. The van der Waals surface area contributed by atoms with Gasteiger partial charge < -0.3 is 15.2 Å². The number of halogens is 1. The molecule has 1 heterocycles. The Morgan fingerprint density at radius 1 is 1.36 bits per heavy atom. The van der Waals surface area contributed by atoms with Crippen LogP contribution in [0.1, 0.15) is 5.56 Å². The Morgan fingerprint density at radius 2 is 2.14 bits per heavy atom. The first-order chi connectivity index (χ1) is 13.4. The summed E-state index contributed by atoms with van der Waals surface area (Å²) in [6.07, 6.45) is 1.70. The highest BCUT2D eigenvalue weighted by Gasteiger charge is 2.33. The van der Waals surface area contributed by atoms with Gasteiger partial charge in [0.1, 0.15) is 22.4 Å². The van der Waals surface area contributed by atoms with E-state index in [1.54, 1.807) is 25.3 Å². The van der Waals surface area contributed by atoms with Crippen LogP contribution in [0.3, 0.4) is 0 Å². The van der Waals surface area contributed by atoms with Gasteiger partial charge in [0.05, 0.1) is 17.7 Å². The summed E-state index contributed by atoms with van der Waals surface area (Å²) in [5, 5.41) is 12.7. The predicted octanol–water partition coefficient (Wildman–Crippen LogP) is 3.89. The third-order valence-electron chi connectivity index (χ3n) is 3.80. The van der Waals surface area contributed by atoms with Crippen molar-refractivity contribution in [3.63, 3.8) is 0 Å². The number of nitrogens with one attached hydrogen (secondary N) is 1. The van der Waals surface area contributed by atoms with Crippen molar-refractivity contribution in [2.24, 2.45) is 0 Å². The monoisotopic (exact) mass is 434 g/mol. The molecular formula is C19H15ClN2O4S2. The zero-order valence-electron chi connectivity index (χ0n) is 14.6. The number of rotatable bonds is 5. The largest absolute Gasteiger partial charge is 0.506 e. The van der Waals surface area contributed by atoms with Crippen molar-refractivity contribution >= 4 is 63.5 Å². The van der Waals surface area contributed by atoms with E-state index in [4.69, 9.17) is 28.6 Å². The smallest absolute Gasteiger partial charge is 0.266 e. The van der Waals surface area contributed by atoms with Gasteiger partial charge in [-0.3, -0.25) is 14.5 Å². The lowest BCUT2D eigenvalue weighted by atomic mass is 10.2. The molecule has 0 atom stereocenters. The standard InChI is InChI=1S/C19H15ClN2O4S2/c1-26-13-4-2-3-11(7-13)8-16-18(25)22(19(27)28-16)10-17(24)21-14-9-12(20)5-6-15(14)23/h2-9,23H,10H2,1H3,(H,21,24)/b16-8-. The van der Waals surface area contributed by atoms with E-state index in [9.17, 15) is 14.7 Å². The van der Waals surface area contributed by atoms with Gasteiger partial charge in [-0.15, -0.1) is 0 Å². The number of aromatic hydroxyl groups is 1. The number of methoxy groups -OCH3 is 1. The lowest BCUT2D eigenvalue weighted by molar-refractivity contribution is -0.126. The van der Waals surface area contributed by atoms with Crippen LogP contribution < -0.4 is 10.1 Å². The summed E-state index contributed by atoms with van der Waals surface area (Å²) in [7, 11) is 1.56. The summed E-state index contributed by atoms with van der Waals surface area (Å²) in [4.78, 5) is 26.6. The zero-order valence-corrected chi connectivity index (χ0v) is 17.0. The molecule has 0 aliphatic carbocycles. The molecule has 0 saturated carbocycles.